The van der Waals surface area contributed by atoms with Gasteiger partial charge in [0.05, 0.1) is 5.69 Å². The zero-order chi connectivity index (χ0) is 14.0. The molecule has 0 bridgehead atoms. The van der Waals surface area contributed by atoms with Crippen LogP contribution in [0.15, 0.2) is 23.2 Å². The van der Waals surface area contributed by atoms with E-state index in [4.69, 9.17) is 5.73 Å². The van der Waals surface area contributed by atoms with Crippen molar-refractivity contribution in [2.75, 3.05) is 0 Å². The van der Waals surface area contributed by atoms with E-state index in [0.29, 0.717) is 12.2 Å². The molecule has 0 aliphatic carbocycles. The topological polar surface area (TPSA) is 85.1 Å². The lowest BCUT2D eigenvalue weighted by Gasteiger charge is -2.27. The zero-order valence-electron chi connectivity index (χ0n) is 11.3. The highest BCUT2D eigenvalue weighted by molar-refractivity contribution is 7.89. The second-order valence-corrected chi connectivity index (χ2v) is 7.11. The molecule has 102 valence electrons. The average Bonchev–Trinajstić information content (AvgIpc) is 2.27. The van der Waals surface area contributed by atoms with Gasteiger partial charge in [0.25, 0.3) is 0 Å². The summed E-state index contributed by atoms with van der Waals surface area (Å²) >= 11 is 0. The molecule has 0 aromatic carbocycles. The molecule has 1 rings (SSSR count). The highest BCUT2D eigenvalue weighted by atomic mass is 32.2. The molecule has 1 atom stereocenters. The molecule has 5 nitrogen and oxygen atoms in total. The number of pyridine rings is 1. The lowest BCUT2D eigenvalue weighted by Crippen LogP contribution is -2.41. The molecule has 0 spiro atoms. The number of rotatable bonds is 4. The lowest BCUT2D eigenvalue weighted by molar-refractivity contribution is 0.317. The first-order valence-corrected chi connectivity index (χ1v) is 7.32. The molecule has 0 saturated heterocycles. The predicted octanol–water partition coefficient (Wildman–Crippen LogP) is 1.25. The Labute approximate surface area is 109 Å². The highest BCUT2D eigenvalue weighted by Gasteiger charge is 2.25. The van der Waals surface area contributed by atoms with Gasteiger partial charge in [0, 0.05) is 18.8 Å². The molecule has 0 aliphatic rings. The standard InChI is InChI=1S/C12H21N3O2S/c1-9(12(2,3)4)15-18(16,17)11-6-5-10(7-13)14-8-11/h5-6,8-9,15H,7,13H2,1-4H3. The van der Waals surface area contributed by atoms with Crippen LogP contribution in [0, 0.1) is 5.41 Å². The third-order valence-electron chi connectivity index (χ3n) is 2.95. The molecule has 6 heteroatoms. The molecular weight excluding hydrogens is 250 g/mol. The number of nitrogens with two attached hydrogens (primary N) is 1. The van der Waals surface area contributed by atoms with Gasteiger partial charge < -0.3 is 5.73 Å². The van der Waals surface area contributed by atoms with Crippen LogP contribution in [-0.4, -0.2) is 19.4 Å². The van der Waals surface area contributed by atoms with Crippen molar-refractivity contribution in [2.45, 2.75) is 45.2 Å². The number of aromatic nitrogens is 1. The van der Waals surface area contributed by atoms with E-state index in [9.17, 15) is 8.42 Å². The Morgan fingerprint density at radius 3 is 2.39 bits per heavy atom. The fourth-order valence-electron chi connectivity index (χ4n) is 1.17. The van der Waals surface area contributed by atoms with Gasteiger partial charge in [0.2, 0.25) is 10.0 Å². The van der Waals surface area contributed by atoms with E-state index < -0.39 is 10.0 Å². The molecule has 18 heavy (non-hydrogen) atoms. The number of sulfonamides is 1. The van der Waals surface area contributed by atoms with Crippen LogP contribution in [0.2, 0.25) is 0 Å². The van der Waals surface area contributed by atoms with Crippen molar-refractivity contribution in [1.82, 2.24) is 9.71 Å². The van der Waals surface area contributed by atoms with Crippen LogP contribution in [0.1, 0.15) is 33.4 Å². The monoisotopic (exact) mass is 271 g/mol. The van der Waals surface area contributed by atoms with Gasteiger partial charge in [-0.05, 0) is 24.5 Å². The fourth-order valence-corrected chi connectivity index (χ4v) is 2.56. The smallest absolute Gasteiger partial charge is 0.242 e. The van der Waals surface area contributed by atoms with Crippen molar-refractivity contribution in [2.24, 2.45) is 11.1 Å². The van der Waals surface area contributed by atoms with Crippen molar-refractivity contribution >= 4 is 10.0 Å². The summed E-state index contributed by atoms with van der Waals surface area (Å²) in [7, 11) is -3.52. The lowest BCUT2D eigenvalue weighted by atomic mass is 9.89. The van der Waals surface area contributed by atoms with Gasteiger partial charge in [-0.3, -0.25) is 4.98 Å². The summed E-state index contributed by atoms with van der Waals surface area (Å²) in [6, 6.07) is 2.97. The second kappa shape index (κ2) is 5.34. The minimum absolute atomic E-state index is 0.141. The second-order valence-electron chi connectivity index (χ2n) is 5.40. The molecule has 0 saturated carbocycles. The van der Waals surface area contributed by atoms with E-state index in [2.05, 4.69) is 9.71 Å². The maximum Gasteiger partial charge on any atom is 0.242 e. The zero-order valence-corrected chi connectivity index (χ0v) is 12.1. The van der Waals surface area contributed by atoms with Crippen LogP contribution >= 0.6 is 0 Å². The van der Waals surface area contributed by atoms with Crippen LogP contribution < -0.4 is 10.5 Å². The van der Waals surface area contributed by atoms with E-state index >= 15 is 0 Å². The van der Waals surface area contributed by atoms with E-state index in [0.717, 1.165) is 0 Å². The fraction of sp³-hybridized carbons (Fsp3) is 0.583. The van der Waals surface area contributed by atoms with E-state index in [1.807, 2.05) is 27.7 Å². The van der Waals surface area contributed by atoms with Gasteiger partial charge in [0.15, 0.2) is 0 Å². The van der Waals surface area contributed by atoms with E-state index in [1.165, 1.54) is 12.3 Å². The van der Waals surface area contributed by atoms with Gasteiger partial charge in [-0.1, -0.05) is 20.8 Å². The van der Waals surface area contributed by atoms with Gasteiger partial charge >= 0.3 is 0 Å². The normalized spacial score (nSPS) is 14.5. The first kappa shape index (κ1) is 15.1. The third kappa shape index (κ3) is 3.76. The summed E-state index contributed by atoms with van der Waals surface area (Å²) in [6.45, 7) is 8.09. The Kier molecular flexibility index (Phi) is 4.47. The van der Waals surface area contributed by atoms with Crippen molar-refractivity contribution in [3.8, 4) is 0 Å². The Morgan fingerprint density at radius 1 is 1.39 bits per heavy atom. The summed E-state index contributed by atoms with van der Waals surface area (Å²) in [4.78, 5) is 4.15. The quantitative estimate of drug-likeness (QED) is 0.863. The van der Waals surface area contributed by atoms with Crippen LogP contribution in [-0.2, 0) is 16.6 Å². The SMILES string of the molecule is CC(NS(=O)(=O)c1ccc(CN)nc1)C(C)(C)C. The Hall–Kier alpha value is -0.980. The molecule has 1 heterocycles. The Bertz CT molecular complexity index is 489. The Morgan fingerprint density at radius 2 is 2.00 bits per heavy atom. The van der Waals surface area contributed by atoms with Crippen molar-refractivity contribution in [1.29, 1.82) is 0 Å². The molecular formula is C12H21N3O2S. The maximum absolute atomic E-state index is 12.1. The summed E-state index contributed by atoms with van der Waals surface area (Å²) < 4.78 is 26.9. The highest BCUT2D eigenvalue weighted by Crippen LogP contribution is 2.20. The molecule has 0 aliphatic heterocycles. The van der Waals surface area contributed by atoms with Crippen molar-refractivity contribution < 1.29 is 8.42 Å². The minimum Gasteiger partial charge on any atom is -0.325 e. The average molecular weight is 271 g/mol. The minimum atomic E-state index is -3.52. The number of nitrogens with one attached hydrogen (secondary N) is 1. The summed E-state index contributed by atoms with van der Waals surface area (Å²) in [5, 5.41) is 0. The molecule has 0 radical (unpaired) electrons. The molecule has 3 N–H and O–H groups in total. The number of hydrogen-bond acceptors (Lipinski definition) is 4. The van der Waals surface area contributed by atoms with Crippen molar-refractivity contribution in [3.63, 3.8) is 0 Å². The van der Waals surface area contributed by atoms with E-state index in [1.54, 1.807) is 6.07 Å². The predicted molar refractivity (Wildman–Crippen MR) is 71.4 cm³/mol. The van der Waals surface area contributed by atoms with Gasteiger partial charge in [-0.15, -0.1) is 0 Å². The van der Waals surface area contributed by atoms with Gasteiger partial charge in [0.1, 0.15) is 4.90 Å². The van der Waals surface area contributed by atoms with E-state index in [-0.39, 0.29) is 16.4 Å². The molecule has 0 fully saturated rings. The van der Waals surface area contributed by atoms with Crippen LogP contribution in [0.5, 0.6) is 0 Å². The van der Waals surface area contributed by atoms with Crippen LogP contribution in [0.4, 0.5) is 0 Å². The van der Waals surface area contributed by atoms with Crippen molar-refractivity contribution in [3.05, 3.63) is 24.0 Å². The molecule has 1 aromatic heterocycles. The Balaban J connectivity index is 2.93. The summed E-state index contributed by atoms with van der Waals surface area (Å²) in [6.07, 6.45) is 1.33. The molecule has 0 amide bonds. The molecule has 1 aromatic rings. The van der Waals surface area contributed by atoms with Gasteiger partial charge in [-0.25, -0.2) is 13.1 Å². The number of nitrogens with zero attached hydrogens (tertiary/aromatic N) is 1. The first-order valence-electron chi connectivity index (χ1n) is 5.84. The maximum atomic E-state index is 12.1. The summed E-state index contributed by atoms with van der Waals surface area (Å²) in [5.74, 6) is 0. The first-order chi connectivity index (χ1) is 8.16. The van der Waals surface area contributed by atoms with Crippen LogP contribution in [0.25, 0.3) is 0 Å². The third-order valence-corrected chi connectivity index (χ3v) is 4.47. The summed E-state index contributed by atoms with van der Waals surface area (Å²) in [5.41, 5.74) is 5.94. The largest absolute Gasteiger partial charge is 0.325 e. The van der Waals surface area contributed by atoms with Gasteiger partial charge in [-0.2, -0.15) is 0 Å². The number of hydrogen-bond donors (Lipinski definition) is 2. The molecule has 1 unspecified atom stereocenters. The van der Waals surface area contributed by atoms with Crippen LogP contribution in [0.3, 0.4) is 0 Å².